The number of aromatic nitrogens is 2. The third kappa shape index (κ3) is 5.86. The zero-order chi connectivity index (χ0) is 22.2. The molecule has 2 heterocycles. The number of benzene rings is 1. The van der Waals surface area contributed by atoms with Gasteiger partial charge in [0.2, 0.25) is 0 Å². The van der Waals surface area contributed by atoms with E-state index in [9.17, 15) is 14.4 Å². The van der Waals surface area contributed by atoms with Crippen LogP contribution in [0.25, 0.3) is 10.9 Å². The minimum absolute atomic E-state index is 0.0754. The molecule has 0 bridgehead atoms. The van der Waals surface area contributed by atoms with Crippen molar-refractivity contribution < 1.29 is 19.1 Å². The maximum atomic E-state index is 13.2. The van der Waals surface area contributed by atoms with Crippen molar-refractivity contribution >= 4 is 34.5 Å². The van der Waals surface area contributed by atoms with E-state index in [1.165, 1.54) is 11.8 Å². The number of carbonyl (C=O) groups excluding carboxylic acids is 2. The standard InChI is InChI=1S/C22H29N3O5S/c1-3-5-6-9-25-21(28)17-8-7-16(20(27)24-10-12-29-13-11-24)14-18(17)23-22(25)31-15-19(26)30-4-2/h7-8,14H,3-6,9-13,15H2,1-2H3. The van der Waals surface area contributed by atoms with E-state index in [0.29, 0.717) is 61.1 Å². The van der Waals surface area contributed by atoms with E-state index in [1.807, 2.05) is 0 Å². The molecule has 168 valence electrons. The summed E-state index contributed by atoms with van der Waals surface area (Å²) in [5.41, 5.74) is 0.798. The van der Waals surface area contributed by atoms with Crippen LogP contribution in [0.15, 0.2) is 28.2 Å². The monoisotopic (exact) mass is 447 g/mol. The van der Waals surface area contributed by atoms with Crippen LogP contribution in [0, 0.1) is 0 Å². The van der Waals surface area contributed by atoms with Crippen LogP contribution >= 0.6 is 11.8 Å². The second-order valence-electron chi connectivity index (χ2n) is 7.29. The van der Waals surface area contributed by atoms with Crippen molar-refractivity contribution in [2.45, 2.75) is 44.8 Å². The minimum Gasteiger partial charge on any atom is -0.465 e. The number of fused-ring (bicyclic) bond motifs is 1. The Labute approximate surface area is 185 Å². The van der Waals surface area contributed by atoms with Crippen LogP contribution < -0.4 is 5.56 Å². The number of thioether (sulfide) groups is 1. The van der Waals surface area contributed by atoms with Crippen molar-refractivity contribution in [3.8, 4) is 0 Å². The summed E-state index contributed by atoms with van der Waals surface area (Å²) < 4.78 is 11.9. The summed E-state index contributed by atoms with van der Waals surface area (Å²) in [4.78, 5) is 44.2. The fraction of sp³-hybridized carbons (Fsp3) is 0.545. The van der Waals surface area contributed by atoms with E-state index in [2.05, 4.69) is 11.9 Å². The van der Waals surface area contributed by atoms with Crippen LogP contribution in [0.2, 0.25) is 0 Å². The van der Waals surface area contributed by atoms with Gasteiger partial charge in [-0.05, 0) is 31.5 Å². The molecule has 0 unspecified atom stereocenters. The summed E-state index contributed by atoms with van der Waals surface area (Å²) in [6, 6.07) is 5.03. The molecule has 1 amide bonds. The van der Waals surface area contributed by atoms with Crippen LogP contribution in [0.4, 0.5) is 0 Å². The van der Waals surface area contributed by atoms with Gasteiger partial charge >= 0.3 is 5.97 Å². The summed E-state index contributed by atoms with van der Waals surface area (Å²) >= 11 is 1.19. The first-order chi connectivity index (χ1) is 15.0. The predicted octanol–water partition coefficient (Wildman–Crippen LogP) is 2.71. The summed E-state index contributed by atoms with van der Waals surface area (Å²) in [5.74, 6) is -0.371. The Morgan fingerprint density at radius 1 is 1.19 bits per heavy atom. The maximum Gasteiger partial charge on any atom is 0.316 e. The van der Waals surface area contributed by atoms with E-state index >= 15 is 0 Å². The van der Waals surface area contributed by atoms with Crippen LogP contribution in [-0.2, 0) is 20.8 Å². The average Bonchev–Trinajstić information content (AvgIpc) is 2.79. The van der Waals surface area contributed by atoms with Crippen LogP contribution in [-0.4, -0.2) is 65.0 Å². The normalized spacial score (nSPS) is 14.1. The van der Waals surface area contributed by atoms with Crippen molar-refractivity contribution in [1.29, 1.82) is 0 Å². The topological polar surface area (TPSA) is 90.7 Å². The van der Waals surface area contributed by atoms with Gasteiger partial charge in [-0.15, -0.1) is 0 Å². The van der Waals surface area contributed by atoms with Gasteiger partial charge in [-0.25, -0.2) is 4.98 Å². The van der Waals surface area contributed by atoms with Gasteiger partial charge in [0.25, 0.3) is 11.5 Å². The lowest BCUT2D eigenvalue weighted by Crippen LogP contribution is -2.40. The fourth-order valence-corrected chi connectivity index (χ4v) is 4.26. The minimum atomic E-state index is -0.349. The van der Waals surface area contributed by atoms with E-state index in [4.69, 9.17) is 9.47 Å². The third-order valence-electron chi connectivity index (χ3n) is 5.08. The molecule has 9 heteroatoms. The highest BCUT2D eigenvalue weighted by atomic mass is 32.2. The lowest BCUT2D eigenvalue weighted by atomic mass is 10.1. The second-order valence-corrected chi connectivity index (χ2v) is 8.23. The first-order valence-electron chi connectivity index (χ1n) is 10.7. The summed E-state index contributed by atoms with van der Waals surface area (Å²) in [6.07, 6.45) is 2.89. The number of ether oxygens (including phenoxy) is 2. The highest BCUT2D eigenvalue weighted by molar-refractivity contribution is 7.99. The number of unbranched alkanes of at least 4 members (excludes halogenated alkanes) is 2. The van der Waals surface area contributed by atoms with E-state index in [-0.39, 0.29) is 23.2 Å². The number of morpholine rings is 1. The molecule has 1 aromatic carbocycles. The number of hydrogen-bond acceptors (Lipinski definition) is 7. The molecule has 0 aliphatic carbocycles. The van der Waals surface area contributed by atoms with Crippen molar-refractivity contribution in [3.05, 3.63) is 34.1 Å². The Morgan fingerprint density at radius 2 is 1.97 bits per heavy atom. The molecular formula is C22H29N3O5S. The molecule has 1 aliphatic rings. The summed E-state index contributed by atoms with van der Waals surface area (Å²) in [5, 5.41) is 0.938. The Kier molecular flexibility index (Phi) is 8.48. The van der Waals surface area contributed by atoms with Gasteiger partial charge in [0.05, 0.1) is 36.5 Å². The molecule has 0 radical (unpaired) electrons. The Balaban J connectivity index is 1.94. The molecule has 1 fully saturated rings. The average molecular weight is 448 g/mol. The third-order valence-corrected chi connectivity index (χ3v) is 6.03. The molecular weight excluding hydrogens is 418 g/mol. The molecule has 1 aliphatic heterocycles. The maximum absolute atomic E-state index is 13.2. The molecule has 0 atom stereocenters. The zero-order valence-electron chi connectivity index (χ0n) is 18.1. The predicted molar refractivity (Wildman–Crippen MR) is 120 cm³/mol. The summed E-state index contributed by atoms with van der Waals surface area (Å²) in [7, 11) is 0. The van der Waals surface area contributed by atoms with Crippen molar-refractivity contribution in [1.82, 2.24) is 14.5 Å². The van der Waals surface area contributed by atoms with Crippen molar-refractivity contribution in [3.63, 3.8) is 0 Å². The molecule has 1 aromatic heterocycles. The van der Waals surface area contributed by atoms with Gasteiger partial charge in [0.1, 0.15) is 0 Å². The Bertz CT molecular complexity index is 985. The van der Waals surface area contributed by atoms with Gasteiger partial charge in [-0.3, -0.25) is 19.0 Å². The quantitative estimate of drug-likeness (QED) is 0.253. The van der Waals surface area contributed by atoms with Gasteiger partial charge in [-0.1, -0.05) is 31.5 Å². The smallest absolute Gasteiger partial charge is 0.316 e. The fourth-order valence-electron chi connectivity index (χ4n) is 3.44. The second kappa shape index (κ2) is 11.3. The van der Waals surface area contributed by atoms with Gasteiger partial charge < -0.3 is 14.4 Å². The molecule has 0 saturated carbocycles. The van der Waals surface area contributed by atoms with E-state index in [1.54, 1.807) is 34.6 Å². The first kappa shape index (κ1) is 23.3. The Morgan fingerprint density at radius 3 is 2.68 bits per heavy atom. The molecule has 3 rings (SSSR count). The zero-order valence-corrected chi connectivity index (χ0v) is 18.9. The lowest BCUT2D eigenvalue weighted by Gasteiger charge is -2.26. The molecule has 0 spiro atoms. The number of rotatable bonds is 9. The number of carbonyl (C=O) groups is 2. The number of amides is 1. The number of hydrogen-bond donors (Lipinski definition) is 0. The van der Waals surface area contributed by atoms with Crippen molar-refractivity contribution in [2.75, 3.05) is 38.7 Å². The van der Waals surface area contributed by atoms with Gasteiger partial charge in [0, 0.05) is 25.2 Å². The molecule has 2 aromatic rings. The molecule has 31 heavy (non-hydrogen) atoms. The van der Waals surface area contributed by atoms with Crippen LogP contribution in [0.3, 0.4) is 0 Å². The van der Waals surface area contributed by atoms with Crippen molar-refractivity contribution in [2.24, 2.45) is 0 Å². The number of esters is 1. The summed E-state index contributed by atoms with van der Waals surface area (Å²) in [6.45, 7) is 6.84. The first-order valence-corrected chi connectivity index (χ1v) is 11.7. The van der Waals surface area contributed by atoms with E-state index < -0.39 is 0 Å². The van der Waals surface area contributed by atoms with Crippen LogP contribution in [0.1, 0.15) is 43.5 Å². The Hall–Kier alpha value is -2.39. The van der Waals surface area contributed by atoms with Gasteiger partial charge in [0.15, 0.2) is 5.16 Å². The molecule has 8 nitrogen and oxygen atoms in total. The lowest BCUT2D eigenvalue weighted by molar-refractivity contribution is -0.139. The molecule has 1 saturated heterocycles. The van der Waals surface area contributed by atoms with E-state index in [0.717, 1.165) is 19.3 Å². The highest BCUT2D eigenvalue weighted by Crippen LogP contribution is 2.20. The number of nitrogens with zero attached hydrogens (tertiary/aromatic N) is 3. The SMILES string of the molecule is CCCCCn1c(SCC(=O)OCC)nc2cc(C(=O)N3CCOCC3)ccc2c1=O. The highest BCUT2D eigenvalue weighted by Gasteiger charge is 2.20. The molecule has 0 N–H and O–H groups in total. The van der Waals surface area contributed by atoms with Gasteiger partial charge in [-0.2, -0.15) is 0 Å². The van der Waals surface area contributed by atoms with Crippen LogP contribution in [0.5, 0.6) is 0 Å². The largest absolute Gasteiger partial charge is 0.465 e.